The number of rotatable bonds is 2. The Morgan fingerprint density at radius 1 is 1.60 bits per heavy atom. The normalized spacial score (nSPS) is 21.5. The van der Waals surface area contributed by atoms with Crippen molar-refractivity contribution in [3.8, 4) is 0 Å². The van der Waals surface area contributed by atoms with Gasteiger partial charge in [-0.05, 0) is 12.5 Å². The van der Waals surface area contributed by atoms with Crippen molar-refractivity contribution in [1.82, 2.24) is 5.06 Å². The fraction of sp³-hybridized carbons (Fsp3) is 0.455. The molecule has 1 aromatic rings. The molecule has 0 aliphatic carbocycles. The summed E-state index contributed by atoms with van der Waals surface area (Å²) in [6.45, 7) is 2.15. The molecule has 4 nitrogen and oxygen atoms in total. The maximum absolute atomic E-state index is 11.6. The van der Waals surface area contributed by atoms with E-state index in [0.29, 0.717) is 5.69 Å². The maximum Gasteiger partial charge on any atom is 0.251 e. The highest BCUT2D eigenvalue weighted by Crippen LogP contribution is 2.16. The van der Waals surface area contributed by atoms with E-state index in [1.54, 1.807) is 6.07 Å². The third-order valence-corrected chi connectivity index (χ3v) is 2.69. The van der Waals surface area contributed by atoms with E-state index in [1.165, 1.54) is 0 Å². The zero-order chi connectivity index (χ0) is 10.8. The summed E-state index contributed by atoms with van der Waals surface area (Å²) in [7, 11) is 0. The van der Waals surface area contributed by atoms with Crippen molar-refractivity contribution in [2.24, 2.45) is 0 Å². The highest BCUT2D eigenvalue weighted by molar-refractivity contribution is 5.94. The summed E-state index contributed by atoms with van der Waals surface area (Å²) < 4.78 is 1.84. The number of ketones is 1. The van der Waals surface area contributed by atoms with E-state index >= 15 is 0 Å². The number of hydrogen-bond donors (Lipinski definition) is 1. The molecule has 1 atom stereocenters. The monoisotopic (exact) mass is 207 g/mol. The van der Waals surface area contributed by atoms with Gasteiger partial charge < -0.3 is 5.21 Å². The Morgan fingerprint density at radius 3 is 3.13 bits per heavy atom. The lowest BCUT2D eigenvalue weighted by atomic mass is 10.1. The van der Waals surface area contributed by atoms with Crippen LogP contribution in [0.25, 0.3) is 0 Å². The molecule has 1 N–H and O–H groups in total. The van der Waals surface area contributed by atoms with Crippen LogP contribution in [0.5, 0.6) is 0 Å². The summed E-state index contributed by atoms with van der Waals surface area (Å²) >= 11 is 0. The number of nitrogens with zero attached hydrogens (tertiary/aromatic N) is 2. The molecule has 1 aromatic heterocycles. The number of hydrogen-bond acceptors (Lipinski definition) is 3. The number of carbonyl (C=O) groups is 1. The van der Waals surface area contributed by atoms with Gasteiger partial charge in [-0.1, -0.05) is 6.92 Å². The van der Waals surface area contributed by atoms with E-state index in [2.05, 4.69) is 6.92 Å². The number of Topliss-reactive ketones (excluding diaryl/α,β-unsaturated/α-hetero) is 1. The second-order valence-electron chi connectivity index (χ2n) is 3.78. The number of pyridine rings is 1. The first kappa shape index (κ1) is 10.3. The third-order valence-electron chi connectivity index (χ3n) is 2.69. The van der Waals surface area contributed by atoms with E-state index in [9.17, 15) is 10.0 Å². The van der Waals surface area contributed by atoms with Crippen LogP contribution in [0.3, 0.4) is 0 Å². The van der Waals surface area contributed by atoms with Crippen LogP contribution in [0.1, 0.15) is 36.4 Å². The summed E-state index contributed by atoms with van der Waals surface area (Å²) in [6.07, 6.45) is 3.54. The minimum absolute atomic E-state index is 0.0366. The molecule has 1 aliphatic heterocycles. The minimum Gasteiger partial charge on any atom is -0.308 e. The quantitative estimate of drug-likeness (QED) is 0.740. The molecule has 0 radical (unpaired) electrons. The lowest BCUT2D eigenvalue weighted by Crippen LogP contribution is -2.57. The molecule has 0 spiro atoms. The smallest absolute Gasteiger partial charge is 0.251 e. The molecule has 1 aliphatic rings. The van der Waals surface area contributed by atoms with Crippen LogP contribution in [-0.4, -0.2) is 22.6 Å². The zero-order valence-corrected chi connectivity index (χ0v) is 8.76. The molecular weight excluding hydrogens is 192 g/mol. The molecule has 2 rings (SSSR count). The van der Waals surface area contributed by atoms with Gasteiger partial charge in [0, 0.05) is 18.6 Å². The molecule has 0 saturated carbocycles. The Bertz CT molecular complexity index is 379. The lowest BCUT2D eigenvalue weighted by Gasteiger charge is -2.25. The predicted molar refractivity (Wildman–Crippen MR) is 53.4 cm³/mol. The van der Waals surface area contributed by atoms with E-state index in [1.807, 2.05) is 22.9 Å². The average molecular weight is 207 g/mol. The summed E-state index contributed by atoms with van der Waals surface area (Å²) in [4.78, 5) is 11.6. The van der Waals surface area contributed by atoms with Crippen LogP contribution >= 0.6 is 0 Å². The first-order valence-electron chi connectivity index (χ1n) is 5.23. The lowest BCUT2D eigenvalue weighted by molar-refractivity contribution is -0.762. The molecule has 1 unspecified atom stereocenters. The van der Waals surface area contributed by atoms with Gasteiger partial charge in [-0.3, -0.25) is 4.79 Å². The first-order chi connectivity index (χ1) is 7.24. The van der Waals surface area contributed by atoms with Crippen molar-refractivity contribution < 1.29 is 14.6 Å². The molecule has 15 heavy (non-hydrogen) atoms. The Kier molecular flexibility index (Phi) is 2.79. The Labute approximate surface area is 88.7 Å². The van der Waals surface area contributed by atoms with Gasteiger partial charge in [-0.25, -0.2) is 0 Å². The SMILES string of the molecule is CCCC1N(O)CC(=O)c2cccc[n+]21. The molecular formula is C11H15N2O2+. The fourth-order valence-corrected chi connectivity index (χ4v) is 1.98. The van der Waals surface area contributed by atoms with Crippen LogP contribution < -0.4 is 4.57 Å². The summed E-state index contributed by atoms with van der Waals surface area (Å²) in [5.74, 6) is -0.0366. The van der Waals surface area contributed by atoms with Crippen LogP contribution in [0.4, 0.5) is 0 Å². The Hall–Kier alpha value is -1.26. The average Bonchev–Trinajstić information content (AvgIpc) is 2.24. The Balaban J connectivity index is 2.42. The highest BCUT2D eigenvalue weighted by Gasteiger charge is 2.37. The zero-order valence-electron chi connectivity index (χ0n) is 8.76. The van der Waals surface area contributed by atoms with Crippen molar-refractivity contribution >= 4 is 5.78 Å². The van der Waals surface area contributed by atoms with Gasteiger partial charge in [0.25, 0.3) is 5.69 Å². The van der Waals surface area contributed by atoms with Crippen molar-refractivity contribution in [1.29, 1.82) is 0 Å². The number of carbonyl (C=O) groups excluding carboxylic acids is 1. The molecule has 2 heterocycles. The Morgan fingerprint density at radius 2 is 2.40 bits per heavy atom. The van der Waals surface area contributed by atoms with Gasteiger partial charge >= 0.3 is 0 Å². The number of hydroxylamine groups is 2. The van der Waals surface area contributed by atoms with Gasteiger partial charge in [-0.15, -0.1) is 5.06 Å². The van der Waals surface area contributed by atoms with E-state index < -0.39 is 0 Å². The fourth-order valence-electron chi connectivity index (χ4n) is 1.98. The van der Waals surface area contributed by atoms with Gasteiger partial charge in [-0.2, -0.15) is 4.57 Å². The van der Waals surface area contributed by atoms with Crippen LogP contribution in [0.2, 0.25) is 0 Å². The maximum atomic E-state index is 11.6. The van der Waals surface area contributed by atoms with Gasteiger partial charge in [0.15, 0.2) is 6.20 Å². The van der Waals surface area contributed by atoms with E-state index in [-0.39, 0.29) is 18.5 Å². The van der Waals surface area contributed by atoms with Gasteiger partial charge in [0.2, 0.25) is 11.9 Å². The largest absolute Gasteiger partial charge is 0.308 e. The topological polar surface area (TPSA) is 44.4 Å². The second kappa shape index (κ2) is 4.08. The summed E-state index contributed by atoms with van der Waals surface area (Å²) in [5, 5.41) is 10.8. The third kappa shape index (κ3) is 1.78. The summed E-state index contributed by atoms with van der Waals surface area (Å²) in [6, 6.07) is 5.52. The van der Waals surface area contributed by atoms with Crippen LogP contribution in [0, 0.1) is 0 Å². The van der Waals surface area contributed by atoms with Crippen molar-refractivity contribution in [3.63, 3.8) is 0 Å². The molecule has 0 aromatic carbocycles. The van der Waals surface area contributed by atoms with E-state index in [4.69, 9.17) is 0 Å². The second-order valence-corrected chi connectivity index (χ2v) is 3.78. The summed E-state index contributed by atoms with van der Waals surface area (Å²) in [5.41, 5.74) is 0.682. The molecule has 0 bridgehead atoms. The highest BCUT2D eigenvalue weighted by atomic mass is 16.5. The minimum atomic E-state index is -0.108. The molecule has 0 fully saturated rings. The van der Waals surface area contributed by atoms with Crippen LogP contribution in [-0.2, 0) is 0 Å². The van der Waals surface area contributed by atoms with Crippen molar-refractivity contribution in [2.45, 2.75) is 25.9 Å². The number of aromatic nitrogens is 1. The van der Waals surface area contributed by atoms with Gasteiger partial charge in [0.05, 0.1) is 0 Å². The van der Waals surface area contributed by atoms with E-state index in [0.717, 1.165) is 17.9 Å². The van der Waals surface area contributed by atoms with Gasteiger partial charge in [0.1, 0.15) is 6.54 Å². The number of fused-ring (bicyclic) bond motifs is 1. The molecule has 4 heteroatoms. The molecule has 0 amide bonds. The van der Waals surface area contributed by atoms with Crippen LogP contribution in [0.15, 0.2) is 24.4 Å². The predicted octanol–water partition coefficient (Wildman–Crippen LogP) is 1.16. The van der Waals surface area contributed by atoms with Crippen molar-refractivity contribution in [3.05, 3.63) is 30.1 Å². The standard InChI is InChI=1S/C11H15N2O2/c1-2-5-11-12-7-4-3-6-9(12)10(14)8-13(11)15/h3-4,6-7,11,15H,2,5,8H2,1H3/q+1. The molecule has 80 valence electrons. The molecule has 0 saturated heterocycles. The van der Waals surface area contributed by atoms with Crippen molar-refractivity contribution in [2.75, 3.05) is 6.54 Å². The first-order valence-corrected chi connectivity index (χ1v) is 5.23.